The molecule has 2 N–H and O–H groups in total. The summed E-state index contributed by atoms with van der Waals surface area (Å²) >= 11 is 0. The molecule has 0 aliphatic carbocycles. The van der Waals surface area contributed by atoms with Crippen molar-refractivity contribution in [3.05, 3.63) is 95.1 Å². The Morgan fingerprint density at radius 2 is 1.94 bits per heavy atom. The molecule has 1 aliphatic rings. The first-order valence-electron chi connectivity index (χ1n) is 10.6. The minimum atomic E-state index is -0.325. The maximum absolute atomic E-state index is 13.9. The Morgan fingerprint density at radius 3 is 2.72 bits per heavy atom. The number of hydrogen-bond acceptors (Lipinski definition) is 4. The summed E-state index contributed by atoms with van der Waals surface area (Å²) < 4.78 is 13.9. The quantitative estimate of drug-likeness (QED) is 0.638. The summed E-state index contributed by atoms with van der Waals surface area (Å²) in [7, 11) is 0. The largest absolute Gasteiger partial charge is 0.378 e. The lowest BCUT2D eigenvalue weighted by Gasteiger charge is -2.21. The second kappa shape index (κ2) is 9.60. The molecule has 2 amide bonds. The lowest BCUT2D eigenvalue weighted by atomic mass is 9.99. The number of carbonyl (C=O) groups is 2. The molecule has 1 atom stereocenters. The third-order valence-electron chi connectivity index (χ3n) is 5.60. The van der Waals surface area contributed by atoms with Crippen LogP contribution in [0.2, 0.25) is 0 Å². The summed E-state index contributed by atoms with van der Waals surface area (Å²) in [5, 5.41) is 6.33. The zero-order chi connectivity index (χ0) is 22.5. The predicted molar refractivity (Wildman–Crippen MR) is 120 cm³/mol. The van der Waals surface area contributed by atoms with Crippen LogP contribution < -0.4 is 10.6 Å². The van der Waals surface area contributed by atoms with Gasteiger partial charge in [-0.1, -0.05) is 36.4 Å². The number of rotatable bonds is 5. The van der Waals surface area contributed by atoms with Crippen LogP contribution in [0.3, 0.4) is 0 Å². The average molecular weight is 432 g/mol. The molecule has 0 spiro atoms. The Morgan fingerprint density at radius 1 is 1.12 bits per heavy atom. The van der Waals surface area contributed by atoms with Crippen LogP contribution in [-0.4, -0.2) is 28.2 Å². The van der Waals surface area contributed by atoms with Gasteiger partial charge in [0.2, 0.25) is 5.91 Å². The maximum atomic E-state index is 13.9. The van der Waals surface area contributed by atoms with E-state index in [-0.39, 0.29) is 23.7 Å². The molecule has 32 heavy (non-hydrogen) atoms. The number of halogens is 1. The van der Waals surface area contributed by atoms with Crippen LogP contribution in [0.4, 0.5) is 10.1 Å². The van der Waals surface area contributed by atoms with Crippen LogP contribution in [0.1, 0.15) is 46.6 Å². The summed E-state index contributed by atoms with van der Waals surface area (Å²) in [5.74, 6) is -0.625. The van der Waals surface area contributed by atoms with Crippen molar-refractivity contribution >= 4 is 17.5 Å². The van der Waals surface area contributed by atoms with E-state index in [4.69, 9.17) is 0 Å². The lowest BCUT2D eigenvalue weighted by molar-refractivity contribution is -0.129. The van der Waals surface area contributed by atoms with Crippen LogP contribution in [-0.2, 0) is 17.9 Å². The highest BCUT2D eigenvalue weighted by Crippen LogP contribution is 2.30. The van der Waals surface area contributed by atoms with Crippen molar-refractivity contribution in [2.45, 2.75) is 32.5 Å². The first-order chi connectivity index (χ1) is 15.5. The van der Waals surface area contributed by atoms with E-state index >= 15 is 0 Å². The molecule has 4 rings (SSSR count). The Labute approximate surface area is 186 Å². The number of fused-ring (bicyclic) bond motifs is 1. The maximum Gasteiger partial charge on any atom is 0.270 e. The topological polar surface area (TPSA) is 74.3 Å². The molecule has 0 radical (unpaired) electrons. The average Bonchev–Trinajstić information content (AvgIpc) is 2.97. The molecule has 164 valence electrons. The number of amides is 2. The van der Waals surface area contributed by atoms with Gasteiger partial charge in [0.25, 0.3) is 5.91 Å². The number of nitrogens with zero attached hydrogens (tertiary/aromatic N) is 2. The molecule has 7 heteroatoms. The summed E-state index contributed by atoms with van der Waals surface area (Å²) in [6.07, 6.45) is 2.25. The van der Waals surface area contributed by atoms with E-state index in [0.717, 1.165) is 22.4 Å². The van der Waals surface area contributed by atoms with Crippen molar-refractivity contribution in [1.29, 1.82) is 0 Å². The number of hydrogen-bond donors (Lipinski definition) is 2. The molecule has 2 aromatic carbocycles. The highest BCUT2D eigenvalue weighted by molar-refractivity contribution is 5.93. The van der Waals surface area contributed by atoms with Gasteiger partial charge in [0.1, 0.15) is 11.5 Å². The van der Waals surface area contributed by atoms with Gasteiger partial charge in [-0.15, -0.1) is 0 Å². The lowest BCUT2D eigenvalue weighted by Crippen LogP contribution is -2.28. The molecule has 0 bridgehead atoms. The fourth-order valence-corrected chi connectivity index (χ4v) is 3.91. The van der Waals surface area contributed by atoms with Gasteiger partial charge in [0, 0.05) is 38.4 Å². The van der Waals surface area contributed by atoms with Gasteiger partial charge in [-0.3, -0.25) is 14.6 Å². The van der Waals surface area contributed by atoms with Gasteiger partial charge in [-0.05, 0) is 47.4 Å². The molecule has 0 saturated heterocycles. The fraction of sp³-hybridized carbons (Fsp3) is 0.240. The molecule has 3 aromatic rings. The van der Waals surface area contributed by atoms with Gasteiger partial charge < -0.3 is 15.5 Å². The highest BCUT2D eigenvalue weighted by Gasteiger charge is 2.24. The van der Waals surface area contributed by atoms with Gasteiger partial charge in [0.05, 0.1) is 6.04 Å². The van der Waals surface area contributed by atoms with E-state index in [0.29, 0.717) is 31.7 Å². The molecule has 1 aliphatic heterocycles. The zero-order valence-electron chi connectivity index (χ0n) is 17.8. The molecule has 1 aromatic heterocycles. The van der Waals surface area contributed by atoms with E-state index in [9.17, 15) is 14.0 Å². The Hall–Kier alpha value is -3.74. The van der Waals surface area contributed by atoms with Crippen LogP contribution in [0.15, 0.2) is 66.9 Å². The summed E-state index contributed by atoms with van der Waals surface area (Å²) in [6, 6.07) is 17.7. The number of carbonyl (C=O) groups excluding carboxylic acids is 2. The minimum Gasteiger partial charge on any atom is -0.378 e. The number of benzene rings is 2. The summed E-state index contributed by atoms with van der Waals surface area (Å²) in [6.45, 7) is 2.88. The normalized spacial score (nSPS) is 15.4. The Bertz CT molecular complexity index is 1120. The van der Waals surface area contributed by atoms with Gasteiger partial charge >= 0.3 is 0 Å². The van der Waals surface area contributed by atoms with Crippen molar-refractivity contribution in [1.82, 2.24) is 15.2 Å². The molecule has 2 heterocycles. The van der Waals surface area contributed by atoms with E-state index in [1.165, 1.54) is 19.1 Å². The zero-order valence-corrected chi connectivity index (χ0v) is 17.8. The van der Waals surface area contributed by atoms with Crippen LogP contribution in [0.5, 0.6) is 0 Å². The standard InChI is InChI=1S/C25H25FN4O2/c1-17(31)30-12-10-23(22-8-7-20(26)13-19(22)16-30)29-21-9-11-27-24(14-21)25(32)28-15-18-5-3-2-4-6-18/h2-9,11,13-14,23H,10,12,15-16H2,1H3,(H,27,29)(H,28,32). The van der Waals surface area contributed by atoms with Crippen molar-refractivity contribution in [3.8, 4) is 0 Å². The molecule has 0 saturated carbocycles. The van der Waals surface area contributed by atoms with Gasteiger partial charge in [0.15, 0.2) is 0 Å². The van der Waals surface area contributed by atoms with Gasteiger partial charge in [-0.25, -0.2) is 4.39 Å². The molecular weight excluding hydrogens is 407 g/mol. The van der Waals surface area contributed by atoms with Crippen molar-refractivity contribution in [2.24, 2.45) is 0 Å². The minimum absolute atomic E-state index is 0.0397. The predicted octanol–water partition coefficient (Wildman–Crippen LogP) is 4.06. The Kier molecular flexibility index (Phi) is 6.44. The van der Waals surface area contributed by atoms with Crippen LogP contribution in [0.25, 0.3) is 0 Å². The van der Waals surface area contributed by atoms with Crippen molar-refractivity contribution in [2.75, 3.05) is 11.9 Å². The summed E-state index contributed by atoms with van der Waals surface area (Å²) in [4.78, 5) is 30.5. The van der Waals surface area contributed by atoms with E-state index in [2.05, 4.69) is 15.6 Å². The smallest absolute Gasteiger partial charge is 0.270 e. The first kappa shape index (κ1) is 21.5. The SMILES string of the molecule is CC(=O)N1CCC(Nc2ccnc(C(=O)NCc3ccccc3)c2)c2ccc(F)cc2C1. The molecule has 6 nitrogen and oxygen atoms in total. The number of pyridine rings is 1. The fourth-order valence-electron chi connectivity index (χ4n) is 3.91. The van der Waals surface area contributed by atoms with E-state index < -0.39 is 0 Å². The number of aromatic nitrogens is 1. The molecular formula is C25H25FN4O2. The molecule has 0 fully saturated rings. The van der Waals surface area contributed by atoms with Crippen molar-refractivity contribution < 1.29 is 14.0 Å². The second-order valence-corrected chi connectivity index (χ2v) is 7.87. The Balaban J connectivity index is 1.50. The van der Waals surface area contributed by atoms with Crippen molar-refractivity contribution in [3.63, 3.8) is 0 Å². The summed E-state index contributed by atoms with van der Waals surface area (Å²) in [5.41, 5.74) is 3.78. The van der Waals surface area contributed by atoms with Crippen LogP contribution >= 0.6 is 0 Å². The third-order valence-corrected chi connectivity index (χ3v) is 5.60. The van der Waals surface area contributed by atoms with Gasteiger partial charge in [-0.2, -0.15) is 0 Å². The number of anilines is 1. The number of nitrogens with one attached hydrogen (secondary N) is 2. The highest BCUT2D eigenvalue weighted by atomic mass is 19.1. The van der Waals surface area contributed by atoms with E-state index in [1.54, 1.807) is 29.3 Å². The van der Waals surface area contributed by atoms with E-state index in [1.807, 2.05) is 30.3 Å². The van der Waals surface area contributed by atoms with Crippen LogP contribution in [0, 0.1) is 5.82 Å². The second-order valence-electron chi connectivity index (χ2n) is 7.87. The molecule has 1 unspecified atom stereocenters. The first-order valence-corrected chi connectivity index (χ1v) is 10.6. The third kappa shape index (κ3) is 5.11. The monoisotopic (exact) mass is 432 g/mol.